The van der Waals surface area contributed by atoms with E-state index in [9.17, 15) is 9.59 Å². The van der Waals surface area contributed by atoms with Crippen molar-refractivity contribution in [2.75, 3.05) is 19.6 Å². The van der Waals surface area contributed by atoms with Crippen LogP contribution in [0, 0.1) is 0 Å². The Bertz CT molecular complexity index is 150. The summed E-state index contributed by atoms with van der Waals surface area (Å²) in [5.41, 5.74) is 0. The number of thiol groups is 1. The fourth-order valence-electron chi connectivity index (χ4n) is 0.884. The van der Waals surface area contributed by atoms with E-state index in [1.807, 2.05) is 0 Å². The van der Waals surface area contributed by atoms with Gasteiger partial charge in [-0.15, -0.1) is 12.6 Å². The van der Waals surface area contributed by atoms with Crippen molar-refractivity contribution in [2.24, 2.45) is 0 Å². The van der Waals surface area contributed by atoms with Crippen molar-refractivity contribution in [3.8, 4) is 0 Å². The molecule has 0 saturated carbocycles. The van der Waals surface area contributed by atoms with E-state index in [1.54, 1.807) is 0 Å². The fourth-order valence-corrected chi connectivity index (χ4v) is 1.11. The van der Waals surface area contributed by atoms with Crippen LogP contribution in [0.25, 0.3) is 0 Å². The molecule has 0 unspecified atom stereocenters. The Labute approximate surface area is 92.3 Å². The van der Waals surface area contributed by atoms with Crippen LogP contribution in [0.4, 0.5) is 0 Å². The normalized spacial score (nSPS) is 9.29. The summed E-state index contributed by atoms with van der Waals surface area (Å²) >= 11 is 3.38. The summed E-state index contributed by atoms with van der Waals surface area (Å²) in [6.45, 7) is 11.5. The minimum Gasteiger partial charge on any atom is -0.304 e. The van der Waals surface area contributed by atoms with Gasteiger partial charge < -0.3 is 4.90 Å². The van der Waals surface area contributed by atoms with E-state index in [4.69, 9.17) is 0 Å². The van der Waals surface area contributed by atoms with E-state index in [-0.39, 0.29) is 17.3 Å². The van der Waals surface area contributed by atoms with Crippen molar-refractivity contribution in [3.05, 3.63) is 0 Å². The summed E-state index contributed by atoms with van der Waals surface area (Å²) in [6.07, 6.45) is -0.0525. The van der Waals surface area contributed by atoms with Gasteiger partial charge in [-0.05, 0) is 26.6 Å². The lowest BCUT2D eigenvalue weighted by molar-refractivity contribution is -0.121. The molecule has 0 fully saturated rings. The highest BCUT2D eigenvalue weighted by Crippen LogP contribution is 1.86. The maximum atomic E-state index is 9.98. The second-order valence-electron chi connectivity index (χ2n) is 2.89. The molecule has 3 nitrogen and oxygen atoms in total. The van der Waals surface area contributed by atoms with E-state index in [0.717, 1.165) is 0 Å². The topological polar surface area (TPSA) is 37.4 Å². The second-order valence-corrected chi connectivity index (χ2v) is 3.39. The molecule has 0 aliphatic heterocycles. The molecule has 0 amide bonds. The number of ketones is 1. The van der Waals surface area contributed by atoms with Gasteiger partial charge in [-0.1, -0.05) is 20.8 Å². The van der Waals surface area contributed by atoms with Crippen molar-refractivity contribution >= 4 is 23.5 Å². The molecular formula is C10H21NO2S. The quantitative estimate of drug-likeness (QED) is 0.565. The first-order chi connectivity index (χ1) is 6.47. The van der Waals surface area contributed by atoms with Gasteiger partial charge in [-0.2, -0.15) is 0 Å². The molecule has 14 heavy (non-hydrogen) atoms. The lowest BCUT2D eigenvalue weighted by Crippen LogP contribution is -2.21. The highest BCUT2D eigenvalue weighted by molar-refractivity contribution is 7.96. The zero-order chi connectivity index (χ0) is 11.6. The first-order valence-corrected chi connectivity index (χ1v) is 5.36. The number of rotatable bonds is 5. The van der Waals surface area contributed by atoms with Crippen LogP contribution in [0.15, 0.2) is 0 Å². The Morgan fingerprint density at radius 2 is 1.43 bits per heavy atom. The molecule has 0 bridgehead atoms. The van der Waals surface area contributed by atoms with E-state index in [1.165, 1.54) is 26.6 Å². The maximum Gasteiger partial charge on any atom is 0.193 e. The van der Waals surface area contributed by atoms with Crippen molar-refractivity contribution in [1.29, 1.82) is 0 Å². The molecule has 0 aliphatic rings. The van der Waals surface area contributed by atoms with Crippen LogP contribution in [0.2, 0.25) is 0 Å². The molecule has 0 aromatic rings. The van der Waals surface area contributed by atoms with Crippen LogP contribution in [0.3, 0.4) is 0 Å². The Morgan fingerprint density at radius 3 is 1.43 bits per heavy atom. The Hall–Kier alpha value is -0.350. The lowest BCUT2D eigenvalue weighted by Gasteiger charge is -2.13. The highest BCUT2D eigenvalue weighted by atomic mass is 32.1. The number of carbonyl (C=O) groups is 2. The standard InChI is InChI=1S/C6H15N.C4H6O2S/c1-4-7(5-2)6-3;1-3(5)2-4(6)7/h4-6H2,1-3H3;2H2,1H3,(H,6,7). The Morgan fingerprint density at radius 1 is 1.07 bits per heavy atom. The predicted molar refractivity (Wildman–Crippen MR) is 62.8 cm³/mol. The van der Waals surface area contributed by atoms with Crippen molar-refractivity contribution in [3.63, 3.8) is 0 Å². The van der Waals surface area contributed by atoms with Crippen LogP contribution < -0.4 is 0 Å². The molecule has 0 aliphatic carbocycles. The van der Waals surface area contributed by atoms with Crippen molar-refractivity contribution in [1.82, 2.24) is 4.90 Å². The van der Waals surface area contributed by atoms with Gasteiger partial charge >= 0.3 is 0 Å². The van der Waals surface area contributed by atoms with E-state index in [2.05, 4.69) is 38.3 Å². The summed E-state index contributed by atoms with van der Waals surface area (Å²) < 4.78 is 0. The molecule has 0 saturated heterocycles. The molecule has 0 atom stereocenters. The SMILES string of the molecule is CC(=O)CC(=O)S.CCN(CC)CC. The van der Waals surface area contributed by atoms with Gasteiger partial charge in [0.15, 0.2) is 5.12 Å². The minimum absolute atomic E-state index is 0.0525. The van der Waals surface area contributed by atoms with Crippen LogP contribution in [0.1, 0.15) is 34.1 Å². The highest BCUT2D eigenvalue weighted by Gasteiger charge is 1.96. The third-order valence-corrected chi connectivity index (χ3v) is 1.90. The third-order valence-electron chi connectivity index (χ3n) is 1.74. The first kappa shape index (κ1) is 16.1. The molecule has 0 aromatic heterocycles. The first-order valence-electron chi connectivity index (χ1n) is 4.91. The molecule has 0 aromatic carbocycles. The molecule has 0 heterocycles. The molecule has 0 rings (SSSR count). The largest absolute Gasteiger partial charge is 0.304 e. The Kier molecular flexibility index (Phi) is 12.3. The average Bonchev–Trinajstić information content (AvgIpc) is 2.06. The number of carbonyl (C=O) groups excluding carboxylic acids is 2. The summed E-state index contributed by atoms with van der Waals surface area (Å²) in [5, 5.41) is -0.368. The van der Waals surface area contributed by atoms with Crippen molar-refractivity contribution < 1.29 is 9.59 Å². The molecular weight excluding hydrogens is 198 g/mol. The fraction of sp³-hybridized carbons (Fsp3) is 0.800. The van der Waals surface area contributed by atoms with Gasteiger partial charge in [0.1, 0.15) is 5.78 Å². The Balaban J connectivity index is 0. The van der Waals surface area contributed by atoms with Crippen LogP contribution in [0.5, 0.6) is 0 Å². The van der Waals surface area contributed by atoms with Gasteiger partial charge in [0, 0.05) is 0 Å². The van der Waals surface area contributed by atoms with E-state index >= 15 is 0 Å². The second kappa shape index (κ2) is 10.7. The average molecular weight is 219 g/mol. The van der Waals surface area contributed by atoms with Gasteiger partial charge in [0.05, 0.1) is 6.42 Å². The molecule has 84 valence electrons. The summed E-state index contributed by atoms with van der Waals surface area (Å²) in [6, 6.07) is 0. The molecule has 4 heteroatoms. The predicted octanol–water partition coefficient (Wildman–Crippen LogP) is 1.77. The van der Waals surface area contributed by atoms with E-state index in [0.29, 0.717) is 0 Å². The molecule has 0 radical (unpaired) electrons. The summed E-state index contributed by atoms with van der Waals surface area (Å²) in [4.78, 5) is 22.3. The van der Waals surface area contributed by atoms with Gasteiger partial charge in [0.2, 0.25) is 0 Å². The van der Waals surface area contributed by atoms with Crippen LogP contribution in [-0.4, -0.2) is 35.4 Å². The van der Waals surface area contributed by atoms with Crippen molar-refractivity contribution in [2.45, 2.75) is 34.1 Å². The summed E-state index contributed by atoms with van der Waals surface area (Å²) in [5.74, 6) is -0.139. The van der Waals surface area contributed by atoms with Gasteiger partial charge in [-0.3, -0.25) is 9.59 Å². The minimum atomic E-state index is -0.368. The van der Waals surface area contributed by atoms with Crippen LogP contribution >= 0.6 is 12.6 Å². The number of hydrogen-bond donors (Lipinski definition) is 1. The van der Waals surface area contributed by atoms with Gasteiger partial charge in [-0.25, -0.2) is 0 Å². The zero-order valence-electron chi connectivity index (χ0n) is 9.54. The molecule has 0 spiro atoms. The number of hydrogen-bond acceptors (Lipinski definition) is 3. The third kappa shape index (κ3) is 14.2. The lowest BCUT2D eigenvalue weighted by atomic mass is 10.3. The van der Waals surface area contributed by atoms with E-state index < -0.39 is 0 Å². The number of Topliss-reactive ketones (excluding diaryl/α,β-unsaturated/α-hetero) is 1. The monoisotopic (exact) mass is 219 g/mol. The zero-order valence-corrected chi connectivity index (χ0v) is 10.4. The molecule has 0 N–H and O–H groups in total. The number of nitrogens with zero attached hydrogens (tertiary/aromatic N) is 1. The van der Waals surface area contributed by atoms with Crippen LogP contribution in [-0.2, 0) is 9.59 Å². The van der Waals surface area contributed by atoms with Gasteiger partial charge in [0.25, 0.3) is 0 Å². The maximum absolute atomic E-state index is 9.98. The smallest absolute Gasteiger partial charge is 0.193 e. The summed E-state index contributed by atoms with van der Waals surface area (Å²) in [7, 11) is 0.